The molecule has 112 valence electrons. The zero-order valence-electron chi connectivity index (χ0n) is 12.0. The van der Waals surface area contributed by atoms with Gasteiger partial charge in [-0.1, -0.05) is 42.5 Å². The third-order valence-electron chi connectivity index (χ3n) is 4.52. The Bertz CT molecular complexity index is 731. The van der Waals surface area contributed by atoms with Crippen molar-refractivity contribution >= 4 is 17.7 Å². The molecule has 4 rings (SSSR count). The molecule has 0 spiro atoms. The van der Waals surface area contributed by atoms with E-state index in [1.54, 1.807) is 11.8 Å². The number of benzene rings is 2. The van der Waals surface area contributed by atoms with Gasteiger partial charge in [0.1, 0.15) is 0 Å². The van der Waals surface area contributed by atoms with E-state index in [4.69, 9.17) is 0 Å². The van der Waals surface area contributed by atoms with Gasteiger partial charge in [-0.2, -0.15) is 0 Å². The highest BCUT2D eigenvalue weighted by atomic mass is 32.2. The van der Waals surface area contributed by atoms with Gasteiger partial charge in [0.2, 0.25) is 5.91 Å². The standard InChI is InChI=1S/C18H17NO2S/c20-15-9-11-5-1-2-6-12(11)17(15)19-18(21)14-10-22-16-8-4-3-7-13(14)16/h1-8,14-15,17,20H,9-10H2,(H,19,21)/t14-,15-,17+/m0/s1. The van der Waals surface area contributed by atoms with Crippen LogP contribution in [0.3, 0.4) is 0 Å². The third kappa shape index (κ3) is 2.23. The molecule has 0 unspecified atom stereocenters. The minimum atomic E-state index is -0.536. The Kier molecular flexibility index (Phi) is 3.43. The molecule has 2 aromatic carbocycles. The maximum absolute atomic E-state index is 12.7. The van der Waals surface area contributed by atoms with Crippen molar-refractivity contribution in [3.8, 4) is 0 Å². The normalized spacial score (nSPS) is 25.6. The van der Waals surface area contributed by atoms with E-state index in [0.717, 1.165) is 22.4 Å². The van der Waals surface area contributed by atoms with E-state index in [1.807, 2.05) is 42.5 Å². The Morgan fingerprint density at radius 3 is 2.68 bits per heavy atom. The number of aliphatic hydroxyl groups excluding tert-OH is 1. The van der Waals surface area contributed by atoms with Crippen LogP contribution in [0.4, 0.5) is 0 Å². The first-order valence-corrected chi connectivity index (χ1v) is 8.50. The largest absolute Gasteiger partial charge is 0.390 e. The summed E-state index contributed by atoms with van der Waals surface area (Å²) >= 11 is 1.73. The lowest BCUT2D eigenvalue weighted by atomic mass is 9.99. The summed E-state index contributed by atoms with van der Waals surface area (Å²) in [5.74, 6) is 0.662. The molecular weight excluding hydrogens is 294 g/mol. The van der Waals surface area contributed by atoms with Crippen LogP contribution in [0.15, 0.2) is 53.4 Å². The van der Waals surface area contributed by atoms with Gasteiger partial charge in [-0.25, -0.2) is 0 Å². The van der Waals surface area contributed by atoms with Crippen molar-refractivity contribution in [2.24, 2.45) is 0 Å². The van der Waals surface area contributed by atoms with Gasteiger partial charge in [0.15, 0.2) is 0 Å². The van der Waals surface area contributed by atoms with Crippen molar-refractivity contribution in [1.82, 2.24) is 5.32 Å². The van der Waals surface area contributed by atoms with Gasteiger partial charge in [0.05, 0.1) is 18.1 Å². The minimum absolute atomic E-state index is 0.0122. The third-order valence-corrected chi connectivity index (χ3v) is 5.70. The van der Waals surface area contributed by atoms with E-state index in [1.165, 1.54) is 4.90 Å². The molecule has 1 amide bonds. The van der Waals surface area contributed by atoms with Crippen LogP contribution in [-0.4, -0.2) is 22.9 Å². The molecule has 0 aromatic heterocycles. The average Bonchev–Trinajstić information content (AvgIpc) is 3.09. The lowest BCUT2D eigenvalue weighted by molar-refractivity contribution is -0.123. The highest BCUT2D eigenvalue weighted by Crippen LogP contribution is 2.40. The molecule has 1 heterocycles. The first kappa shape index (κ1) is 13.9. The maximum atomic E-state index is 12.7. The number of amides is 1. The second-order valence-corrected chi connectivity index (χ2v) is 6.92. The molecule has 2 N–H and O–H groups in total. The van der Waals surface area contributed by atoms with Crippen LogP contribution >= 0.6 is 11.8 Å². The van der Waals surface area contributed by atoms with Crippen molar-refractivity contribution in [3.05, 3.63) is 65.2 Å². The fourth-order valence-electron chi connectivity index (χ4n) is 3.38. The Labute approximate surface area is 133 Å². The number of thioether (sulfide) groups is 1. The summed E-state index contributed by atoms with van der Waals surface area (Å²) in [6.07, 6.45) is 0.0718. The number of aliphatic hydroxyl groups is 1. The number of nitrogens with one attached hydrogen (secondary N) is 1. The molecule has 0 saturated heterocycles. The summed E-state index contributed by atoms with van der Waals surface area (Å²) in [5.41, 5.74) is 3.27. The average molecular weight is 311 g/mol. The summed E-state index contributed by atoms with van der Waals surface area (Å²) in [6, 6.07) is 15.7. The Morgan fingerprint density at radius 2 is 1.82 bits per heavy atom. The smallest absolute Gasteiger partial charge is 0.229 e. The first-order valence-electron chi connectivity index (χ1n) is 7.52. The Hall–Kier alpha value is -1.78. The minimum Gasteiger partial charge on any atom is -0.390 e. The molecule has 0 fully saturated rings. The Morgan fingerprint density at radius 1 is 1.09 bits per heavy atom. The summed E-state index contributed by atoms with van der Waals surface area (Å²) in [7, 11) is 0. The molecule has 0 saturated carbocycles. The molecule has 0 radical (unpaired) electrons. The van der Waals surface area contributed by atoms with Crippen molar-refractivity contribution in [2.45, 2.75) is 29.4 Å². The predicted octanol–water partition coefficient (Wildman–Crippen LogP) is 2.65. The van der Waals surface area contributed by atoms with Crippen LogP contribution in [0.2, 0.25) is 0 Å². The molecule has 22 heavy (non-hydrogen) atoms. The van der Waals surface area contributed by atoms with Gasteiger partial charge in [0.25, 0.3) is 0 Å². The SMILES string of the molecule is O=C(N[C@@H]1c2ccccc2C[C@@H]1O)[C@H]1CSc2ccccc21. The molecule has 3 atom stereocenters. The van der Waals surface area contributed by atoms with Gasteiger partial charge in [0, 0.05) is 17.1 Å². The fourth-order valence-corrected chi connectivity index (χ4v) is 4.61. The highest BCUT2D eigenvalue weighted by Gasteiger charge is 2.35. The topological polar surface area (TPSA) is 49.3 Å². The number of carbonyl (C=O) groups excluding carboxylic acids is 1. The number of hydrogen-bond acceptors (Lipinski definition) is 3. The first-order chi connectivity index (χ1) is 10.7. The molecule has 2 aromatic rings. The van der Waals surface area contributed by atoms with Crippen molar-refractivity contribution in [2.75, 3.05) is 5.75 Å². The zero-order valence-corrected chi connectivity index (χ0v) is 12.8. The van der Waals surface area contributed by atoms with E-state index < -0.39 is 6.10 Å². The highest BCUT2D eigenvalue weighted by molar-refractivity contribution is 7.99. The second-order valence-electron chi connectivity index (χ2n) is 5.86. The van der Waals surface area contributed by atoms with Crippen LogP contribution in [0, 0.1) is 0 Å². The number of fused-ring (bicyclic) bond motifs is 2. The van der Waals surface area contributed by atoms with Crippen LogP contribution in [-0.2, 0) is 11.2 Å². The molecule has 0 bridgehead atoms. The quantitative estimate of drug-likeness (QED) is 0.896. The van der Waals surface area contributed by atoms with E-state index in [2.05, 4.69) is 11.4 Å². The van der Waals surface area contributed by atoms with E-state index >= 15 is 0 Å². The molecule has 1 aliphatic heterocycles. The van der Waals surface area contributed by atoms with Gasteiger partial charge in [-0.3, -0.25) is 4.79 Å². The summed E-state index contributed by atoms with van der Waals surface area (Å²) in [4.78, 5) is 13.9. The number of carbonyl (C=O) groups is 1. The predicted molar refractivity (Wildman–Crippen MR) is 86.9 cm³/mol. The van der Waals surface area contributed by atoms with Crippen molar-refractivity contribution in [3.63, 3.8) is 0 Å². The van der Waals surface area contributed by atoms with E-state index in [-0.39, 0.29) is 17.9 Å². The van der Waals surface area contributed by atoms with Gasteiger partial charge in [-0.15, -0.1) is 11.8 Å². The Balaban J connectivity index is 1.56. The summed E-state index contributed by atoms with van der Waals surface area (Å²) in [6.45, 7) is 0. The van der Waals surface area contributed by atoms with Gasteiger partial charge < -0.3 is 10.4 Å². The summed E-state index contributed by atoms with van der Waals surface area (Å²) < 4.78 is 0. The number of rotatable bonds is 2. The lowest BCUT2D eigenvalue weighted by Gasteiger charge is -2.20. The van der Waals surface area contributed by atoms with Gasteiger partial charge >= 0.3 is 0 Å². The van der Waals surface area contributed by atoms with Crippen LogP contribution < -0.4 is 5.32 Å². The zero-order chi connectivity index (χ0) is 15.1. The van der Waals surface area contributed by atoms with E-state index in [0.29, 0.717) is 6.42 Å². The maximum Gasteiger partial charge on any atom is 0.229 e. The van der Waals surface area contributed by atoms with Crippen LogP contribution in [0.5, 0.6) is 0 Å². The molecular formula is C18H17NO2S. The second kappa shape index (κ2) is 5.45. The monoisotopic (exact) mass is 311 g/mol. The van der Waals surface area contributed by atoms with Crippen LogP contribution in [0.25, 0.3) is 0 Å². The summed E-state index contributed by atoms with van der Waals surface area (Å²) in [5, 5.41) is 13.3. The van der Waals surface area contributed by atoms with Crippen LogP contribution in [0.1, 0.15) is 28.7 Å². The molecule has 4 heteroatoms. The number of hydrogen-bond donors (Lipinski definition) is 2. The van der Waals surface area contributed by atoms with Crippen molar-refractivity contribution < 1.29 is 9.90 Å². The van der Waals surface area contributed by atoms with E-state index in [9.17, 15) is 9.90 Å². The fraction of sp³-hybridized carbons (Fsp3) is 0.278. The lowest BCUT2D eigenvalue weighted by Crippen LogP contribution is -2.37. The van der Waals surface area contributed by atoms with Gasteiger partial charge in [-0.05, 0) is 22.8 Å². The molecule has 3 nitrogen and oxygen atoms in total. The van der Waals surface area contributed by atoms with Crippen molar-refractivity contribution in [1.29, 1.82) is 0 Å². The molecule has 2 aliphatic rings. The molecule has 1 aliphatic carbocycles.